The molecule has 0 atom stereocenters. The van der Waals surface area contributed by atoms with Gasteiger partial charge in [-0.1, -0.05) is 0 Å². The lowest BCUT2D eigenvalue weighted by Gasteiger charge is -2.13. The standard InChI is InChI=1S/C16H24N2O6S/c1-3-17(10-5-6-15(19)24-4-2)16(20)18-11-7-14(8-12-18)9-13-25(21,22)23/h7-8,11-12H,3-6,9-10,13H2,1-2H3/p+1. The molecule has 1 aromatic heterocycles. The highest BCUT2D eigenvalue weighted by Crippen LogP contribution is 2.01. The molecule has 0 unspecified atom stereocenters. The first-order valence-corrected chi connectivity index (χ1v) is 9.78. The Kier molecular flexibility index (Phi) is 8.50. The van der Waals surface area contributed by atoms with Crippen LogP contribution in [0.15, 0.2) is 24.5 Å². The minimum absolute atomic E-state index is 0.172. The van der Waals surface area contributed by atoms with Gasteiger partial charge >= 0.3 is 12.0 Å². The van der Waals surface area contributed by atoms with Crippen LogP contribution in [0.4, 0.5) is 4.79 Å². The summed E-state index contributed by atoms with van der Waals surface area (Å²) in [5.74, 6) is -0.637. The summed E-state index contributed by atoms with van der Waals surface area (Å²) in [5.41, 5.74) is 0.701. The molecule has 0 spiro atoms. The molecule has 140 valence electrons. The first-order chi connectivity index (χ1) is 11.8. The second kappa shape index (κ2) is 10.1. The van der Waals surface area contributed by atoms with Crippen LogP contribution in [-0.2, 0) is 26.1 Å². The number of rotatable bonds is 9. The van der Waals surface area contributed by atoms with Crippen molar-refractivity contribution < 1.29 is 31.9 Å². The molecule has 0 saturated carbocycles. The van der Waals surface area contributed by atoms with E-state index in [1.54, 1.807) is 36.4 Å². The minimum atomic E-state index is -4.01. The van der Waals surface area contributed by atoms with Crippen molar-refractivity contribution in [3.05, 3.63) is 30.1 Å². The van der Waals surface area contributed by atoms with E-state index in [0.717, 1.165) is 0 Å². The maximum Gasteiger partial charge on any atom is 0.497 e. The van der Waals surface area contributed by atoms with Gasteiger partial charge in [-0.3, -0.25) is 9.35 Å². The van der Waals surface area contributed by atoms with Crippen LogP contribution in [-0.4, -0.2) is 55.3 Å². The van der Waals surface area contributed by atoms with E-state index in [0.29, 0.717) is 31.7 Å². The van der Waals surface area contributed by atoms with E-state index in [2.05, 4.69) is 0 Å². The van der Waals surface area contributed by atoms with Crippen molar-refractivity contribution >= 4 is 22.1 Å². The van der Waals surface area contributed by atoms with Crippen molar-refractivity contribution in [1.82, 2.24) is 4.90 Å². The van der Waals surface area contributed by atoms with E-state index in [-0.39, 0.29) is 30.6 Å². The number of aromatic nitrogens is 1. The smallest absolute Gasteiger partial charge is 0.466 e. The number of hydrogen-bond acceptors (Lipinski definition) is 5. The van der Waals surface area contributed by atoms with E-state index >= 15 is 0 Å². The zero-order chi connectivity index (χ0) is 18.9. The van der Waals surface area contributed by atoms with Crippen LogP contribution in [0.3, 0.4) is 0 Å². The summed E-state index contributed by atoms with van der Waals surface area (Å²) in [6.45, 7) is 4.87. The molecule has 1 aromatic rings. The van der Waals surface area contributed by atoms with Crippen LogP contribution >= 0.6 is 0 Å². The largest absolute Gasteiger partial charge is 0.497 e. The van der Waals surface area contributed by atoms with E-state index in [1.807, 2.05) is 6.92 Å². The first kappa shape index (κ1) is 21.0. The third kappa shape index (κ3) is 8.08. The van der Waals surface area contributed by atoms with Crippen LogP contribution in [0.25, 0.3) is 0 Å². The molecule has 25 heavy (non-hydrogen) atoms. The van der Waals surface area contributed by atoms with Crippen molar-refractivity contribution in [1.29, 1.82) is 0 Å². The van der Waals surface area contributed by atoms with Crippen LogP contribution in [0.5, 0.6) is 0 Å². The Morgan fingerprint density at radius 2 is 1.88 bits per heavy atom. The number of esters is 1. The molecule has 1 amide bonds. The average molecular weight is 373 g/mol. The highest BCUT2D eigenvalue weighted by Gasteiger charge is 2.22. The zero-order valence-electron chi connectivity index (χ0n) is 14.6. The van der Waals surface area contributed by atoms with Crippen LogP contribution in [0.1, 0.15) is 32.3 Å². The first-order valence-electron chi connectivity index (χ1n) is 8.17. The lowest BCUT2D eigenvalue weighted by atomic mass is 10.2. The maximum absolute atomic E-state index is 12.4. The van der Waals surface area contributed by atoms with Crippen LogP contribution in [0, 0.1) is 0 Å². The lowest BCUT2D eigenvalue weighted by Crippen LogP contribution is -2.52. The molecule has 0 aliphatic heterocycles. The Labute approximate surface area is 148 Å². The van der Waals surface area contributed by atoms with Crippen molar-refractivity contribution in [2.45, 2.75) is 33.1 Å². The number of hydrogen-bond donors (Lipinski definition) is 1. The molecule has 0 aliphatic carbocycles. The molecule has 0 saturated heterocycles. The summed E-state index contributed by atoms with van der Waals surface area (Å²) in [4.78, 5) is 25.4. The fourth-order valence-electron chi connectivity index (χ4n) is 2.20. The molecule has 0 bridgehead atoms. The highest BCUT2D eigenvalue weighted by atomic mass is 32.2. The normalized spacial score (nSPS) is 11.2. The molecular weight excluding hydrogens is 348 g/mol. The fraction of sp³-hybridized carbons (Fsp3) is 0.562. The van der Waals surface area contributed by atoms with Gasteiger partial charge in [0.1, 0.15) is 0 Å². The van der Waals surface area contributed by atoms with E-state index in [4.69, 9.17) is 9.29 Å². The number of nitrogens with zero attached hydrogens (tertiary/aromatic N) is 2. The summed E-state index contributed by atoms with van der Waals surface area (Å²) in [7, 11) is -4.01. The van der Waals surface area contributed by atoms with Crippen molar-refractivity contribution in [2.75, 3.05) is 25.4 Å². The molecule has 0 aliphatic rings. The fourth-order valence-corrected chi connectivity index (χ4v) is 2.69. The average Bonchev–Trinajstić information content (AvgIpc) is 2.56. The number of amides is 1. The summed E-state index contributed by atoms with van der Waals surface area (Å²) in [5, 5.41) is 0. The number of pyridine rings is 1. The minimum Gasteiger partial charge on any atom is -0.466 e. The Hall–Kier alpha value is -2.00. The number of carbonyl (C=O) groups excluding carboxylic acids is 2. The number of carbonyl (C=O) groups is 2. The number of aryl methyl sites for hydroxylation is 1. The van der Waals surface area contributed by atoms with E-state index < -0.39 is 10.1 Å². The lowest BCUT2D eigenvalue weighted by molar-refractivity contribution is -0.578. The van der Waals surface area contributed by atoms with Crippen molar-refractivity contribution in [3.63, 3.8) is 0 Å². The van der Waals surface area contributed by atoms with E-state index in [9.17, 15) is 18.0 Å². The summed E-state index contributed by atoms with van der Waals surface area (Å²) in [6.07, 6.45) is 4.05. The summed E-state index contributed by atoms with van der Waals surface area (Å²) < 4.78 is 36.5. The van der Waals surface area contributed by atoms with Gasteiger partial charge in [-0.05, 0) is 44.4 Å². The second-order valence-corrected chi connectivity index (χ2v) is 6.99. The molecule has 1 rings (SSSR count). The third-order valence-corrected chi connectivity index (χ3v) is 4.25. The quantitative estimate of drug-likeness (QED) is 0.394. The van der Waals surface area contributed by atoms with Crippen LogP contribution in [0.2, 0.25) is 0 Å². The van der Waals surface area contributed by atoms with Gasteiger partial charge < -0.3 is 4.74 Å². The molecule has 8 nitrogen and oxygen atoms in total. The third-order valence-electron chi connectivity index (χ3n) is 3.53. The van der Waals surface area contributed by atoms with Gasteiger partial charge in [0, 0.05) is 6.42 Å². The summed E-state index contributed by atoms with van der Waals surface area (Å²) >= 11 is 0. The van der Waals surface area contributed by atoms with Gasteiger partial charge in [0.2, 0.25) is 0 Å². The molecule has 0 radical (unpaired) electrons. The van der Waals surface area contributed by atoms with Gasteiger partial charge in [0.15, 0.2) is 0 Å². The van der Waals surface area contributed by atoms with Gasteiger partial charge in [0.05, 0.1) is 37.8 Å². The molecule has 1 heterocycles. The van der Waals surface area contributed by atoms with Crippen LogP contribution < -0.4 is 4.57 Å². The SMILES string of the molecule is CCOC(=O)CCCN(CC)C(=O)[n+]1ccc(CCS(=O)(=O)O)cc1. The molecule has 0 aromatic carbocycles. The maximum atomic E-state index is 12.4. The molecule has 0 fully saturated rings. The predicted octanol–water partition coefficient (Wildman–Crippen LogP) is 1.04. The Bertz CT molecular complexity index is 672. The summed E-state index contributed by atoms with van der Waals surface area (Å²) in [6, 6.07) is 3.04. The molecule has 1 N–H and O–H groups in total. The van der Waals surface area contributed by atoms with Gasteiger partial charge in [-0.25, -0.2) is 4.90 Å². The molecule has 9 heteroatoms. The predicted molar refractivity (Wildman–Crippen MR) is 90.7 cm³/mol. The van der Waals surface area contributed by atoms with Crippen molar-refractivity contribution in [3.8, 4) is 0 Å². The second-order valence-electron chi connectivity index (χ2n) is 5.42. The Morgan fingerprint density at radius 1 is 1.24 bits per heavy atom. The van der Waals surface area contributed by atoms with Crippen molar-refractivity contribution in [2.24, 2.45) is 0 Å². The van der Waals surface area contributed by atoms with Gasteiger partial charge in [-0.15, -0.1) is 0 Å². The number of ether oxygens (including phenoxy) is 1. The highest BCUT2D eigenvalue weighted by molar-refractivity contribution is 7.85. The monoisotopic (exact) mass is 373 g/mol. The van der Waals surface area contributed by atoms with Gasteiger partial charge in [-0.2, -0.15) is 17.8 Å². The molecular formula is C16H25N2O6S+. The zero-order valence-corrected chi connectivity index (χ0v) is 15.4. The Morgan fingerprint density at radius 3 is 2.40 bits per heavy atom. The topological polar surface area (TPSA) is 105 Å². The van der Waals surface area contributed by atoms with Gasteiger partial charge in [0.25, 0.3) is 10.1 Å². The Balaban J connectivity index is 2.59. The van der Waals surface area contributed by atoms with E-state index in [1.165, 1.54) is 4.57 Å².